The van der Waals surface area contributed by atoms with Crippen molar-refractivity contribution in [3.8, 4) is 0 Å². The number of benzene rings is 1. The Labute approximate surface area is 129 Å². The summed E-state index contributed by atoms with van der Waals surface area (Å²) >= 11 is 5.97. The number of rotatable bonds is 1. The lowest BCUT2D eigenvalue weighted by atomic mass is 9.71. The van der Waals surface area contributed by atoms with Gasteiger partial charge in [0.2, 0.25) is 0 Å². The molecule has 1 heterocycles. The number of hydrogen-bond acceptors (Lipinski definition) is 3. The maximum Gasteiger partial charge on any atom is 0.256 e. The second-order valence-electron chi connectivity index (χ2n) is 6.28. The average molecular weight is 309 g/mol. The van der Waals surface area contributed by atoms with E-state index in [0.29, 0.717) is 35.8 Å². The van der Waals surface area contributed by atoms with Crippen molar-refractivity contribution < 1.29 is 9.90 Å². The molecule has 0 aromatic heterocycles. The van der Waals surface area contributed by atoms with E-state index in [1.54, 1.807) is 18.2 Å². The second kappa shape index (κ2) is 5.50. The molecule has 3 N–H and O–H groups in total. The summed E-state index contributed by atoms with van der Waals surface area (Å²) in [4.78, 5) is 14.5. The summed E-state index contributed by atoms with van der Waals surface area (Å²) in [6, 6.07) is 4.97. The van der Waals surface area contributed by atoms with Gasteiger partial charge in [0.05, 0.1) is 11.2 Å². The number of amides is 1. The Balaban J connectivity index is 1.79. The van der Waals surface area contributed by atoms with E-state index < -0.39 is 5.60 Å². The number of hydrogen-bond donors (Lipinski definition) is 2. The van der Waals surface area contributed by atoms with Gasteiger partial charge in [0.1, 0.15) is 0 Å². The maximum absolute atomic E-state index is 12.7. The van der Waals surface area contributed by atoms with Crippen LogP contribution in [0, 0.1) is 5.92 Å². The first kappa shape index (κ1) is 14.7. The fraction of sp³-hybridized carbons (Fsp3) is 0.562. The lowest BCUT2D eigenvalue weighted by molar-refractivity contribution is -0.0886. The van der Waals surface area contributed by atoms with Crippen LogP contribution in [0.2, 0.25) is 5.02 Å². The van der Waals surface area contributed by atoms with Gasteiger partial charge in [-0.05, 0) is 37.5 Å². The van der Waals surface area contributed by atoms with Gasteiger partial charge in [-0.25, -0.2) is 0 Å². The van der Waals surface area contributed by atoms with Gasteiger partial charge in [0, 0.05) is 29.7 Å². The van der Waals surface area contributed by atoms with Gasteiger partial charge >= 0.3 is 0 Å². The number of carbonyl (C=O) groups excluding carboxylic acids is 1. The Kier molecular flexibility index (Phi) is 3.84. The molecule has 1 aromatic rings. The van der Waals surface area contributed by atoms with Crippen LogP contribution in [0.15, 0.2) is 18.2 Å². The van der Waals surface area contributed by atoms with Crippen molar-refractivity contribution in [3.63, 3.8) is 0 Å². The first-order valence-electron chi connectivity index (χ1n) is 7.56. The first-order valence-corrected chi connectivity index (χ1v) is 7.94. The van der Waals surface area contributed by atoms with Crippen LogP contribution >= 0.6 is 11.6 Å². The van der Waals surface area contributed by atoms with Crippen molar-refractivity contribution in [2.24, 2.45) is 5.92 Å². The van der Waals surface area contributed by atoms with Crippen molar-refractivity contribution in [1.29, 1.82) is 0 Å². The van der Waals surface area contributed by atoms with E-state index in [1.807, 2.05) is 4.90 Å². The highest BCUT2D eigenvalue weighted by Crippen LogP contribution is 2.40. The molecule has 2 atom stereocenters. The number of piperidine rings is 1. The van der Waals surface area contributed by atoms with Crippen LogP contribution in [-0.2, 0) is 0 Å². The molecule has 1 saturated heterocycles. The van der Waals surface area contributed by atoms with Crippen LogP contribution < -0.4 is 5.73 Å². The molecule has 1 aromatic carbocycles. The Morgan fingerprint density at radius 1 is 1.38 bits per heavy atom. The Morgan fingerprint density at radius 2 is 2.19 bits per heavy atom. The van der Waals surface area contributed by atoms with E-state index in [2.05, 4.69) is 0 Å². The van der Waals surface area contributed by atoms with E-state index in [0.717, 1.165) is 25.7 Å². The third kappa shape index (κ3) is 2.74. The topological polar surface area (TPSA) is 66.6 Å². The lowest BCUT2D eigenvalue weighted by Gasteiger charge is -2.47. The third-order valence-electron chi connectivity index (χ3n) is 4.96. The molecule has 0 bridgehead atoms. The van der Waals surface area contributed by atoms with Crippen LogP contribution in [0.25, 0.3) is 0 Å². The highest BCUT2D eigenvalue weighted by Gasteiger charge is 2.43. The third-order valence-corrected chi connectivity index (χ3v) is 5.20. The molecule has 0 radical (unpaired) electrons. The fourth-order valence-electron chi connectivity index (χ4n) is 3.64. The van der Waals surface area contributed by atoms with Gasteiger partial charge < -0.3 is 15.7 Å². The maximum atomic E-state index is 12.7. The van der Waals surface area contributed by atoms with E-state index in [1.165, 1.54) is 0 Å². The molecule has 114 valence electrons. The smallest absolute Gasteiger partial charge is 0.256 e. The fourth-order valence-corrected chi connectivity index (χ4v) is 3.81. The van der Waals surface area contributed by atoms with Crippen LogP contribution in [0.3, 0.4) is 0 Å². The molecule has 5 heteroatoms. The average Bonchev–Trinajstić information content (AvgIpc) is 2.48. The number of aliphatic hydroxyl groups is 1. The number of nitrogen functional groups attached to an aromatic ring is 1. The molecule has 1 aliphatic heterocycles. The minimum Gasteiger partial charge on any atom is -0.398 e. The monoisotopic (exact) mass is 308 g/mol. The lowest BCUT2D eigenvalue weighted by Crippen LogP contribution is -2.54. The molecule has 2 unspecified atom stereocenters. The van der Waals surface area contributed by atoms with E-state index in [-0.39, 0.29) is 11.8 Å². The van der Waals surface area contributed by atoms with Gasteiger partial charge in [-0.3, -0.25) is 4.79 Å². The minimum atomic E-state index is -0.574. The zero-order valence-corrected chi connectivity index (χ0v) is 12.8. The second-order valence-corrected chi connectivity index (χ2v) is 6.72. The highest BCUT2D eigenvalue weighted by molar-refractivity contribution is 6.31. The summed E-state index contributed by atoms with van der Waals surface area (Å²) in [6.07, 6.45) is 4.73. The van der Waals surface area contributed by atoms with Crippen LogP contribution in [-0.4, -0.2) is 34.6 Å². The number of nitrogens with two attached hydrogens (primary N) is 1. The van der Waals surface area contributed by atoms with E-state index in [4.69, 9.17) is 17.3 Å². The summed E-state index contributed by atoms with van der Waals surface area (Å²) < 4.78 is 0. The van der Waals surface area contributed by atoms with Gasteiger partial charge in [-0.15, -0.1) is 0 Å². The summed E-state index contributed by atoms with van der Waals surface area (Å²) in [5.74, 6) is 0.104. The Morgan fingerprint density at radius 3 is 3.00 bits per heavy atom. The number of likely N-dealkylation sites (tertiary alicyclic amines) is 1. The quantitative estimate of drug-likeness (QED) is 0.784. The predicted octanol–water partition coefficient (Wildman–Crippen LogP) is 2.69. The molecular weight excluding hydrogens is 288 g/mol. The molecule has 3 rings (SSSR count). The van der Waals surface area contributed by atoms with Gasteiger partial charge in [-0.1, -0.05) is 24.4 Å². The van der Waals surface area contributed by atoms with Crippen molar-refractivity contribution in [2.75, 3.05) is 18.8 Å². The van der Waals surface area contributed by atoms with Crippen molar-refractivity contribution >= 4 is 23.2 Å². The molecule has 21 heavy (non-hydrogen) atoms. The molecule has 2 fully saturated rings. The molecule has 1 aliphatic carbocycles. The van der Waals surface area contributed by atoms with E-state index in [9.17, 15) is 9.90 Å². The number of anilines is 1. The van der Waals surface area contributed by atoms with Gasteiger partial charge in [0.15, 0.2) is 0 Å². The van der Waals surface area contributed by atoms with E-state index >= 15 is 0 Å². The number of halogens is 1. The van der Waals surface area contributed by atoms with Gasteiger partial charge in [-0.2, -0.15) is 0 Å². The summed E-state index contributed by atoms with van der Waals surface area (Å²) in [7, 11) is 0. The standard InChI is InChI=1S/C16H21ClN2O2/c17-12-4-5-14(18)13(9-12)15(20)19-8-7-16(21)6-2-1-3-11(16)10-19/h4-5,9,11,21H,1-3,6-8,10,18H2. The minimum absolute atomic E-state index is 0.0809. The normalized spacial score (nSPS) is 29.0. The number of nitrogens with zero attached hydrogens (tertiary/aromatic N) is 1. The van der Waals surface area contributed by atoms with Crippen LogP contribution in [0.1, 0.15) is 42.5 Å². The Hall–Kier alpha value is -1.26. The number of carbonyl (C=O) groups is 1. The van der Waals surface area contributed by atoms with Crippen molar-refractivity contribution in [3.05, 3.63) is 28.8 Å². The molecular formula is C16H21ClN2O2. The Bertz CT molecular complexity index is 563. The van der Waals surface area contributed by atoms with Crippen LogP contribution in [0.5, 0.6) is 0 Å². The highest BCUT2D eigenvalue weighted by atomic mass is 35.5. The first-order chi connectivity index (χ1) is 9.99. The molecule has 1 amide bonds. The number of fused-ring (bicyclic) bond motifs is 1. The van der Waals surface area contributed by atoms with Crippen LogP contribution in [0.4, 0.5) is 5.69 Å². The van der Waals surface area contributed by atoms with Gasteiger partial charge in [0.25, 0.3) is 5.91 Å². The summed E-state index contributed by atoms with van der Waals surface area (Å²) in [5.41, 5.74) is 6.24. The largest absolute Gasteiger partial charge is 0.398 e. The zero-order valence-electron chi connectivity index (χ0n) is 12.0. The summed E-state index contributed by atoms with van der Waals surface area (Å²) in [6.45, 7) is 1.19. The zero-order chi connectivity index (χ0) is 15.0. The molecule has 0 spiro atoms. The van der Waals surface area contributed by atoms with Crippen molar-refractivity contribution in [2.45, 2.75) is 37.7 Å². The predicted molar refractivity (Wildman–Crippen MR) is 83.3 cm³/mol. The van der Waals surface area contributed by atoms with Crippen molar-refractivity contribution in [1.82, 2.24) is 4.90 Å². The molecule has 4 nitrogen and oxygen atoms in total. The SMILES string of the molecule is Nc1ccc(Cl)cc1C(=O)N1CCC2(O)CCCCC2C1. The molecule has 1 saturated carbocycles. The molecule has 2 aliphatic rings. The summed E-state index contributed by atoms with van der Waals surface area (Å²) in [5, 5.41) is 11.2.